The SMILES string of the molecule is CCOc1ccccc1Sc1ccc(C=CC(=O)N2CCCC(C(=O)O)C2)cc1Cl. The lowest BCUT2D eigenvalue weighted by atomic mass is 9.98. The van der Waals surface area contributed by atoms with Crippen molar-refractivity contribution in [2.45, 2.75) is 29.6 Å². The third kappa shape index (κ3) is 5.80. The molecule has 1 heterocycles. The van der Waals surface area contributed by atoms with Gasteiger partial charge in [-0.1, -0.05) is 41.6 Å². The minimum absolute atomic E-state index is 0.179. The molecule has 0 radical (unpaired) electrons. The molecule has 1 unspecified atom stereocenters. The Morgan fingerprint density at radius 3 is 2.80 bits per heavy atom. The molecule has 0 aromatic heterocycles. The highest BCUT2D eigenvalue weighted by Gasteiger charge is 2.27. The van der Waals surface area contributed by atoms with Crippen molar-refractivity contribution < 1.29 is 19.4 Å². The summed E-state index contributed by atoms with van der Waals surface area (Å²) in [4.78, 5) is 27.1. The number of piperidine rings is 1. The molecule has 0 aliphatic carbocycles. The Morgan fingerprint density at radius 1 is 1.27 bits per heavy atom. The van der Waals surface area contributed by atoms with Gasteiger partial charge in [-0.05, 0) is 55.7 Å². The minimum Gasteiger partial charge on any atom is -0.493 e. The number of hydrogen-bond donors (Lipinski definition) is 1. The molecular weight excluding hydrogens is 422 g/mol. The number of carboxylic acids is 1. The number of carbonyl (C=O) groups excluding carboxylic acids is 1. The maximum atomic E-state index is 12.4. The summed E-state index contributed by atoms with van der Waals surface area (Å²) in [5, 5.41) is 9.76. The highest BCUT2D eigenvalue weighted by Crippen LogP contribution is 2.38. The molecule has 3 rings (SSSR count). The number of ether oxygens (including phenoxy) is 1. The van der Waals surface area contributed by atoms with Crippen LogP contribution in [-0.2, 0) is 9.59 Å². The van der Waals surface area contributed by atoms with Gasteiger partial charge in [0.25, 0.3) is 0 Å². The van der Waals surface area contributed by atoms with E-state index in [1.165, 1.54) is 17.8 Å². The first-order valence-corrected chi connectivity index (χ1v) is 11.1. The molecule has 0 saturated carbocycles. The number of amides is 1. The van der Waals surface area contributed by atoms with E-state index >= 15 is 0 Å². The van der Waals surface area contributed by atoms with Crippen LogP contribution in [0.1, 0.15) is 25.3 Å². The van der Waals surface area contributed by atoms with Crippen molar-refractivity contribution in [3.8, 4) is 5.75 Å². The highest BCUT2D eigenvalue weighted by molar-refractivity contribution is 7.99. The van der Waals surface area contributed by atoms with Crippen LogP contribution in [0.25, 0.3) is 6.08 Å². The molecule has 2 aromatic carbocycles. The monoisotopic (exact) mass is 445 g/mol. The van der Waals surface area contributed by atoms with Gasteiger partial charge in [0.05, 0.1) is 22.4 Å². The van der Waals surface area contributed by atoms with E-state index in [0.29, 0.717) is 31.0 Å². The summed E-state index contributed by atoms with van der Waals surface area (Å²) >= 11 is 8.00. The Balaban J connectivity index is 1.67. The average molecular weight is 446 g/mol. The Kier molecular flexibility index (Phi) is 7.82. The summed E-state index contributed by atoms with van der Waals surface area (Å²) in [6, 6.07) is 13.4. The molecule has 1 amide bonds. The second kappa shape index (κ2) is 10.5. The van der Waals surface area contributed by atoms with Crippen molar-refractivity contribution in [1.29, 1.82) is 0 Å². The number of halogens is 1. The van der Waals surface area contributed by atoms with Crippen LogP contribution in [0.2, 0.25) is 5.02 Å². The molecule has 0 spiro atoms. The topological polar surface area (TPSA) is 66.8 Å². The Morgan fingerprint density at radius 2 is 2.07 bits per heavy atom. The Hall–Kier alpha value is -2.44. The summed E-state index contributed by atoms with van der Waals surface area (Å²) in [7, 11) is 0. The summed E-state index contributed by atoms with van der Waals surface area (Å²) in [6.45, 7) is 3.38. The standard InChI is InChI=1S/C23H24ClNO4S/c1-2-29-19-7-3-4-8-21(19)30-20-11-9-16(14-18(20)24)10-12-22(26)25-13-5-6-17(15-25)23(27)28/h3-4,7-12,14,17H,2,5-6,13,15H2,1H3,(H,27,28). The van der Waals surface area contributed by atoms with Gasteiger partial charge in [-0.2, -0.15) is 0 Å². The lowest BCUT2D eigenvalue weighted by Gasteiger charge is -2.29. The number of rotatable bonds is 7. The normalized spacial score (nSPS) is 16.6. The smallest absolute Gasteiger partial charge is 0.308 e. The predicted molar refractivity (Wildman–Crippen MR) is 119 cm³/mol. The number of nitrogens with zero attached hydrogens (tertiary/aromatic N) is 1. The van der Waals surface area contributed by atoms with Crippen molar-refractivity contribution in [2.24, 2.45) is 5.92 Å². The van der Waals surface area contributed by atoms with E-state index in [9.17, 15) is 14.7 Å². The molecule has 5 nitrogen and oxygen atoms in total. The molecule has 2 aromatic rings. The van der Waals surface area contributed by atoms with E-state index in [-0.39, 0.29) is 12.5 Å². The number of hydrogen-bond acceptors (Lipinski definition) is 4. The molecular formula is C23H24ClNO4S. The zero-order chi connectivity index (χ0) is 21.5. The Labute approximate surface area is 185 Å². The van der Waals surface area contributed by atoms with E-state index < -0.39 is 11.9 Å². The quantitative estimate of drug-likeness (QED) is 0.591. The van der Waals surface area contributed by atoms with Crippen LogP contribution in [0, 0.1) is 5.92 Å². The van der Waals surface area contributed by atoms with Crippen molar-refractivity contribution in [2.75, 3.05) is 19.7 Å². The molecule has 0 bridgehead atoms. The molecule has 30 heavy (non-hydrogen) atoms. The van der Waals surface area contributed by atoms with Gasteiger partial charge in [0.2, 0.25) is 5.91 Å². The first-order chi connectivity index (χ1) is 14.5. The van der Waals surface area contributed by atoms with Crippen molar-refractivity contribution in [1.82, 2.24) is 4.90 Å². The average Bonchev–Trinajstić information content (AvgIpc) is 2.75. The zero-order valence-corrected chi connectivity index (χ0v) is 18.3. The van der Waals surface area contributed by atoms with Gasteiger partial charge < -0.3 is 14.7 Å². The van der Waals surface area contributed by atoms with Crippen molar-refractivity contribution in [3.05, 3.63) is 59.1 Å². The van der Waals surface area contributed by atoms with E-state index in [1.807, 2.05) is 49.4 Å². The van der Waals surface area contributed by atoms with E-state index in [1.54, 1.807) is 11.0 Å². The van der Waals surface area contributed by atoms with Crippen LogP contribution in [0.4, 0.5) is 0 Å². The first-order valence-electron chi connectivity index (χ1n) is 9.87. The van der Waals surface area contributed by atoms with Gasteiger partial charge in [0, 0.05) is 24.1 Å². The Bertz CT molecular complexity index is 947. The summed E-state index contributed by atoms with van der Waals surface area (Å²) < 4.78 is 5.66. The molecule has 7 heteroatoms. The third-order valence-electron chi connectivity index (χ3n) is 4.83. The van der Waals surface area contributed by atoms with Gasteiger partial charge in [0.15, 0.2) is 0 Å². The summed E-state index contributed by atoms with van der Waals surface area (Å²) in [6.07, 6.45) is 4.51. The van der Waals surface area contributed by atoms with E-state index in [0.717, 1.165) is 21.1 Å². The van der Waals surface area contributed by atoms with Crippen LogP contribution in [-0.4, -0.2) is 41.6 Å². The fourth-order valence-corrected chi connectivity index (χ4v) is 4.49. The van der Waals surface area contributed by atoms with Crippen LogP contribution in [0.3, 0.4) is 0 Å². The van der Waals surface area contributed by atoms with Crippen LogP contribution in [0.15, 0.2) is 58.3 Å². The van der Waals surface area contributed by atoms with Crippen LogP contribution >= 0.6 is 23.4 Å². The number of benzene rings is 2. The minimum atomic E-state index is -0.845. The lowest BCUT2D eigenvalue weighted by molar-refractivity contribution is -0.144. The molecule has 1 aliphatic rings. The summed E-state index contributed by atoms with van der Waals surface area (Å²) in [5.74, 6) is -0.693. The van der Waals surface area contributed by atoms with Gasteiger partial charge in [-0.25, -0.2) is 0 Å². The molecule has 1 aliphatic heterocycles. The first kappa shape index (κ1) is 22.2. The van der Waals surface area contributed by atoms with Crippen LogP contribution in [0.5, 0.6) is 5.75 Å². The van der Waals surface area contributed by atoms with Crippen molar-refractivity contribution >= 4 is 41.3 Å². The van der Waals surface area contributed by atoms with Gasteiger partial charge in [-0.3, -0.25) is 9.59 Å². The van der Waals surface area contributed by atoms with Crippen molar-refractivity contribution in [3.63, 3.8) is 0 Å². The van der Waals surface area contributed by atoms with E-state index in [2.05, 4.69) is 0 Å². The maximum Gasteiger partial charge on any atom is 0.308 e. The number of para-hydroxylation sites is 1. The number of carbonyl (C=O) groups is 2. The van der Waals surface area contributed by atoms with Gasteiger partial charge in [-0.15, -0.1) is 0 Å². The third-order valence-corrected chi connectivity index (χ3v) is 6.38. The predicted octanol–water partition coefficient (Wildman–Crippen LogP) is 5.23. The molecule has 158 valence electrons. The van der Waals surface area contributed by atoms with Gasteiger partial charge >= 0.3 is 5.97 Å². The highest BCUT2D eigenvalue weighted by atomic mass is 35.5. The lowest BCUT2D eigenvalue weighted by Crippen LogP contribution is -2.41. The fourth-order valence-electron chi connectivity index (χ4n) is 3.28. The molecule has 1 N–H and O–H groups in total. The molecule has 1 atom stereocenters. The molecule has 1 saturated heterocycles. The number of carboxylic acid groups (broad SMARTS) is 1. The maximum absolute atomic E-state index is 12.4. The second-order valence-corrected chi connectivity index (χ2v) is 8.46. The van der Waals surface area contributed by atoms with Crippen LogP contribution < -0.4 is 4.74 Å². The van der Waals surface area contributed by atoms with E-state index in [4.69, 9.17) is 16.3 Å². The summed E-state index contributed by atoms with van der Waals surface area (Å²) in [5.41, 5.74) is 0.808. The second-order valence-electron chi connectivity index (χ2n) is 6.97. The van der Waals surface area contributed by atoms with Gasteiger partial charge in [0.1, 0.15) is 5.75 Å². The number of likely N-dealkylation sites (tertiary alicyclic amines) is 1. The zero-order valence-electron chi connectivity index (χ0n) is 16.7. The molecule has 1 fully saturated rings. The number of aliphatic carboxylic acids is 1. The fraction of sp³-hybridized carbons (Fsp3) is 0.304. The largest absolute Gasteiger partial charge is 0.493 e.